The molecule has 0 spiro atoms. The number of benzene rings is 3. The van der Waals surface area contributed by atoms with Gasteiger partial charge in [0.2, 0.25) is 0 Å². The minimum absolute atomic E-state index is 0.0644. The second-order valence-electron chi connectivity index (χ2n) is 7.60. The summed E-state index contributed by atoms with van der Waals surface area (Å²) in [6.45, 7) is 2.13. The number of thiocarbonyl (C=S) groups is 1. The summed E-state index contributed by atoms with van der Waals surface area (Å²) in [5.41, 5.74) is 1.36. The Morgan fingerprint density at radius 2 is 1.32 bits per heavy atom. The molecule has 0 aliphatic heterocycles. The Labute approximate surface area is 201 Å². The number of halogens is 4. The molecule has 0 bridgehead atoms. The van der Waals surface area contributed by atoms with Crippen LogP contribution >= 0.6 is 12.2 Å². The first kappa shape index (κ1) is 25.1. The third-order valence-electron chi connectivity index (χ3n) is 5.13. The second kappa shape index (κ2) is 12.1. The van der Waals surface area contributed by atoms with Crippen molar-refractivity contribution in [1.82, 2.24) is 0 Å². The maximum absolute atomic E-state index is 14.7. The fourth-order valence-corrected chi connectivity index (χ4v) is 3.38. The molecule has 0 saturated heterocycles. The fraction of sp³-hybridized carbons (Fsp3) is 0.179. The van der Waals surface area contributed by atoms with Gasteiger partial charge in [-0.1, -0.05) is 68.0 Å². The van der Waals surface area contributed by atoms with E-state index in [-0.39, 0.29) is 16.7 Å². The van der Waals surface area contributed by atoms with Crippen molar-refractivity contribution in [1.29, 1.82) is 0 Å². The molecule has 3 aromatic carbocycles. The largest absolute Gasteiger partial charge is 0.204 e. The Morgan fingerprint density at radius 1 is 0.794 bits per heavy atom. The molecule has 1 nitrogen and oxygen atoms in total. The lowest BCUT2D eigenvalue weighted by Crippen LogP contribution is -1.88. The highest BCUT2D eigenvalue weighted by molar-refractivity contribution is 7.78. The Kier molecular flexibility index (Phi) is 8.93. The lowest BCUT2D eigenvalue weighted by Gasteiger charge is -2.05. The van der Waals surface area contributed by atoms with E-state index in [2.05, 4.69) is 36.0 Å². The van der Waals surface area contributed by atoms with Gasteiger partial charge in [-0.05, 0) is 54.9 Å². The van der Waals surface area contributed by atoms with E-state index < -0.39 is 29.0 Å². The monoisotopic (exact) mass is 479 g/mol. The summed E-state index contributed by atoms with van der Waals surface area (Å²) in [6, 6.07) is 14.7. The zero-order valence-corrected chi connectivity index (χ0v) is 19.3. The van der Waals surface area contributed by atoms with Gasteiger partial charge in [-0.15, -0.1) is 0 Å². The minimum atomic E-state index is -0.975. The average Bonchev–Trinajstić information content (AvgIpc) is 2.85. The van der Waals surface area contributed by atoms with Gasteiger partial charge in [0.05, 0.1) is 5.16 Å². The van der Waals surface area contributed by atoms with Gasteiger partial charge < -0.3 is 0 Å². The molecule has 0 aromatic heterocycles. The Bertz CT molecular complexity index is 1270. The minimum Gasteiger partial charge on any atom is -0.204 e. The van der Waals surface area contributed by atoms with E-state index in [4.69, 9.17) is 0 Å². The predicted molar refractivity (Wildman–Crippen MR) is 132 cm³/mol. The summed E-state index contributed by atoms with van der Waals surface area (Å²) in [5.74, 6) is 1.64. The number of unbranched alkanes of at least 4 members (excludes halogenated alkanes) is 2. The maximum atomic E-state index is 14.7. The number of isothiocyanates is 1. The highest BCUT2D eigenvalue weighted by Gasteiger charge is 2.12. The van der Waals surface area contributed by atoms with Crippen LogP contribution in [0.25, 0.3) is 11.7 Å². The van der Waals surface area contributed by atoms with Gasteiger partial charge in [-0.3, -0.25) is 0 Å². The summed E-state index contributed by atoms with van der Waals surface area (Å²) in [7, 11) is 0. The molecule has 0 aliphatic carbocycles. The number of hydrogen-bond donors (Lipinski definition) is 0. The third kappa shape index (κ3) is 6.51. The van der Waals surface area contributed by atoms with Crippen molar-refractivity contribution < 1.29 is 17.6 Å². The SMILES string of the molecule is CCCCCc1ccc(/C(F)=C(\F)c2ccc(C#Cc3cc(F)c(N=C=S)c(F)c3)cc2)cc1. The molecule has 3 rings (SSSR count). The van der Waals surface area contributed by atoms with Crippen molar-refractivity contribution in [3.8, 4) is 11.8 Å². The molecule has 0 aliphatic rings. The van der Waals surface area contributed by atoms with Crippen LogP contribution in [0.3, 0.4) is 0 Å². The first-order valence-corrected chi connectivity index (χ1v) is 11.2. The van der Waals surface area contributed by atoms with Gasteiger partial charge in [-0.2, -0.15) is 4.99 Å². The summed E-state index contributed by atoms with van der Waals surface area (Å²) < 4.78 is 57.2. The number of rotatable bonds is 7. The van der Waals surface area contributed by atoms with Crippen LogP contribution in [0.4, 0.5) is 23.2 Å². The summed E-state index contributed by atoms with van der Waals surface area (Å²) in [6.07, 6.45) is 4.23. The van der Waals surface area contributed by atoms with Gasteiger partial charge in [0, 0.05) is 22.3 Å². The molecular formula is C28H21F4NS. The first-order chi connectivity index (χ1) is 16.4. The maximum Gasteiger partial charge on any atom is 0.166 e. The molecule has 0 unspecified atom stereocenters. The molecule has 0 amide bonds. The average molecular weight is 480 g/mol. The fourth-order valence-electron chi connectivity index (χ4n) is 3.28. The molecule has 0 atom stereocenters. The van der Waals surface area contributed by atoms with E-state index in [1.165, 1.54) is 24.3 Å². The van der Waals surface area contributed by atoms with Crippen LogP contribution in [0.1, 0.15) is 54.0 Å². The Balaban J connectivity index is 1.75. The van der Waals surface area contributed by atoms with Crippen molar-refractivity contribution in [2.75, 3.05) is 0 Å². The Hall–Kier alpha value is -3.52. The zero-order chi connectivity index (χ0) is 24.5. The normalized spacial score (nSPS) is 11.2. The van der Waals surface area contributed by atoms with Crippen molar-refractivity contribution in [3.05, 3.63) is 100 Å². The van der Waals surface area contributed by atoms with E-state index in [1.54, 1.807) is 12.1 Å². The zero-order valence-electron chi connectivity index (χ0n) is 18.5. The van der Waals surface area contributed by atoms with Crippen molar-refractivity contribution in [2.24, 2.45) is 4.99 Å². The van der Waals surface area contributed by atoms with Crippen LogP contribution in [0, 0.1) is 23.5 Å². The second-order valence-corrected chi connectivity index (χ2v) is 7.78. The van der Waals surface area contributed by atoms with Gasteiger partial charge in [0.1, 0.15) is 5.69 Å². The molecule has 0 radical (unpaired) electrons. The van der Waals surface area contributed by atoms with Gasteiger partial charge in [0.15, 0.2) is 23.3 Å². The van der Waals surface area contributed by atoms with E-state index in [0.29, 0.717) is 5.56 Å². The third-order valence-corrected chi connectivity index (χ3v) is 5.22. The molecule has 0 heterocycles. The van der Waals surface area contributed by atoms with Crippen LogP contribution in [-0.2, 0) is 6.42 Å². The number of aryl methyl sites for hydroxylation is 1. The van der Waals surface area contributed by atoms with Crippen molar-refractivity contribution in [2.45, 2.75) is 32.6 Å². The van der Waals surface area contributed by atoms with Crippen molar-refractivity contribution >= 4 is 34.7 Å². The lowest BCUT2D eigenvalue weighted by atomic mass is 10.0. The summed E-state index contributed by atoms with van der Waals surface area (Å²) in [4.78, 5) is 3.34. The van der Waals surface area contributed by atoms with E-state index in [9.17, 15) is 17.6 Å². The van der Waals surface area contributed by atoms with E-state index >= 15 is 0 Å². The van der Waals surface area contributed by atoms with Crippen LogP contribution in [0.5, 0.6) is 0 Å². The Morgan fingerprint density at radius 3 is 1.85 bits per heavy atom. The number of aliphatic imine (C=N–C) groups is 1. The topological polar surface area (TPSA) is 12.4 Å². The number of nitrogens with zero attached hydrogens (tertiary/aromatic N) is 1. The van der Waals surface area contributed by atoms with Gasteiger partial charge >= 0.3 is 0 Å². The smallest absolute Gasteiger partial charge is 0.166 e. The summed E-state index contributed by atoms with van der Waals surface area (Å²) >= 11 is 4.37. The quantitative estimate of drug-likeness (QED) is 0.0825. The molecule has 34 heavy (non-hydrogen) atoms. The first-order valence-electron chi connectivity index (χ1n) is 10.8. The highest BCUT2D eigenvalue weighted by Crippen LogP contribution is 2.29. The lowest BCUT2D eigenvalue weighted by molar-refractivity contribution is 0.587. The molecule has 3 aromatic rings. The predicted octanol–water partition coefficient (Wildman–Crippen LogP) is 8.60. The van der Waals surface area contributed by atoms with Gasteiger partial charge in [-0.25, -0.2) is 17.6 Å². The molecule has 0 fully saturated rings. The van der Waals surface area contributed by atoms with Crippen LogP contribution in [0.2, 0.25) is 0 Å². The van der Waals surface area contributed by atoms with Crippen LogP contribution in [0.15, 0.2) is 65.7 Å². The molecular weight excluding hydrogens is 458 g/mol. The highest BCUT2D eigenvalue weighted by atomic mass is 32.1. The van der Waals surface area contributed by atoms with E-state index in [1.807, 2.05) is 17.3 Å². The van der Waals surface area contributed by atoms with Crippen LogP contribution in [-0.4, -0.2) is 5.16 Å². The van der Waals surface area contributed by atoms with Crippen molar-refractivity contribution in [3.63, 3.8) is 0 Å². The molecule has 0 N–H and O–H groups in total. The number of hydrogen-bond acceptors (Lipinski definition) is 2. The molecule has 6 heteroatoms. The molecule has 0 saturated carbocycles. The summed E-state index contributed by atoms with van der Waals surface area (Å²) in [5, 5.41) is 1.92. The molecule has 172 valence electrons. The van der Waals surface area contributed by atoms with E-state index in [0.717, 1.165) is 43.4 Å². The standard InChI is InChI=1S/C28H21F4NS/c1-2-3-4-5-19-8-12-22(13-9-19)26(31)27(32)23-14-10-20(11-15-23)6-7-21-16-24(29)28(33-18-34)25(30)17-21/h8-17H,2-5H2,1H3/b27-26+. The van der Waals surface area contributed by atoms with Gasteiger partial charge in [0.25, 0.3) is 0 Å². The van der Waals surface area contributed by atoms with Crippen LogP contribution < -0.4 is 0 Å².